The molecule has 20 heavy (non-hydrogen) atoms. The van der Waals surface area contributed by atoms with Gasteiger partial charge in [-0.25, -0.2) is 0 Å². The van der Waals surface area contributed by atoms with Crippen LogP contribution in [0.25, 0.3) is 0 Å². The summed E-state index contributed by atoms with van der Waals surface area (Å²) in [5.41, 5.74) is 2.48. The number of benzene rings is 1. The maximum Gasteiger partial charge on any atom is 0.122 e. The molecular weight excluding hydrogens is 270 g/mol. The predicted octanol–water partition coefficient (Wildman–Crippen LogP) is 4.17. The Morgan fingerprint density at radius 3 is 2.75 bits per heavy atom. The van der Waals surface area contributed by atoms with E-state index >= 15 is 0 Å². The summed E-state index contributed by atoms with van der Waals surface area (Å²) in [6.07, 6.45) is 1.73. The van der Waals surface area contributed by atoms with Gasteiger partial charge in [0.2, 0.25) is 0 Å². The van der Waals surface area contributed by atoms with Gasteiger partial charge in [0.25, 0.3) is 0 Å². The van der Waals surface area contributed by atoms with E-state index in [1.54, 1.807) is 25.1 Å². The molecule has 1 aromatic carbocycles. The molecule has 0 aliphatic heterocycles. The first-order valence-corrected chi connectivity index (χ1v) is 7.65. The highest BCUT2D eigenvalue weighted by molar-refractivity contribution is 7.98. The first kappa shape index (κ1) is 15.0. The molecule has 0 fully saturated rings. The highest BCUT2D eigenvalue weighted by Gasteiger charge is 2.10. The molecule has 0 aliphatic carbocycles. The lowest BCUT2D eigenvalue weighted by molar-refractivity contribution is 0.411. The predicted molar refractivity (Wildman–Crippen MR) is 83.5 cm³/mol. The van der Waals surface area contributed by atoms with E-state index in [9.17, 15) is 0 Å². The summed E-state index contributed by atoms with van der Waals surface area (Å²) in [7, 11) is 3.69. The minimum Gasteiger partial charge on any atom is -0.496 e. The molecule has 2 aromatic rings. The number of methoxy groups -OCH3 is 1. The Morgan fingerprint density at radius 2 is 2.15 bits per heavy atom. The van der Waals surface area contributed by atoms with E-state index in [0.29, 0.717) is 6.04 Å². The van der Waals surface area contributed by atoms with Crippen molar-refractivity contribution in [2.75, 3.05) is 14.2 Å². The molecule has 0 spiro atoms. The van der Waals surface area contributed by atoms with Crippen LogP contribution in [0.3, 0.4) is 0 Å². The maximum absolute atomic E-state index is 5.46. The van der Waals surface area contributed by atoms with Gasteiger partial charge in [-0.3, -0.25) is 0 Å². The van der Waals surface area contributed by atoms with Gasteiger partial charge >= 0.3 is 0 Å². The highest BCUT2D eigenvalue weighted by Crippen LogP contribution is 2.31. The zero-order valence-corrected chi connectivity index (χ0v) is 13.2. The summed E-state index contributed by atoms with van der Waals surface area (Å²) in [5.74, 6) is 2.77. The summed E-state index contributed by atoms with van der Waals surface area (Å²) in [5, 5.41) is 3.26. The molecule has 0 aliphatic rings. The molecular formula is C16H21NO2S. The van der Waals surface area contributed by atoms with Crippen molar-refractivity contribution in [1.29, 1.82) is 0 Å². The number of ether oxygens (including phenoxy) is 1. The monoisotopic (exact) mass is 291 g/mol. The van der Waals surface area contributed by atoms with Crippen molar-refractivity contribution in [3.63, 3.8) is 0 Å². The largest absolute Gasteiger partial charge is 0.496 e. The summed E-state index contributed by atoms with van der Waals surface area (Å²) in [6, 6.07) is 8.70. The maximum atomic E-state index is 5.46. The van der Waals surface area contributed by atoms with Crippen LogP contribution in [0.15, 0.2) is 39.8 Å². The molecule has 4 heteroatoms. The Hall–Kier alpha value is -1.39. The van der Waals surface area contributed by atoms with E-state index in [2.05, 4.69) is 24.4 Å². The normalized spacial score (nSPS) is 12.4. The van der Waals surface area contributed by atoms with Crippen molar-refractivity contribution in [3.8, 4) is 5.75 Å². The number of rotatable bonds is 6. The van der Waals surface area contributed by atoms with Gasteiger partial charge in [-0.1, -0.05) is 6.07 Å². The van der Waals surface area contributed by atoms with Gasteiger partial charge in [-0.2, -0.15) is 0 Å². The topological polar surface area (TPSA) is 34.4 Å². The summed E-state index contributed by atoms with van der Waals surface area (Å²) in [6.45, 7) is 4.14. The van der Waals surface area contributed by atoms with Crippen molar-refractivity contribution in [3.05, 3.63) is 47.4 Å². The van der Waals surface area contributed by atoms with Gasteiger partial charge in [0.05, 0.1) is 13.4 Å². The number of thioether (sulfide) groups is 1. The molecule has 2 rings (SSSR count). The Morgan fingerprint density at radius 1 is 1.35 bits per heavy atom. The molecule has 0 bridgehead atoms. The Balaban J connectivity index is 2.18. The van der Waals surface area contributed by atoms with Gasteiger partial charge in [0.15, 0.2) is 0 Å². The van der Waals surface area contributed by atoms with E-state index in [-0.39, 0.29) is 0 Å². The van der Waals surface area contributed by atoms with Crippen LogP contribution in [0.5, 0.6) is 5.75 Å². The zero-order valence-electron chi connectivity index (χ0n) is 12.4. The van der Waals surface area contributed by atoms with Crippen molar-refractivity contribution >= 4 is 11.8 Å². The van der Waals surface area contributed by atoms with Crippen molar-refractivity contribution in [2.45, 2.75) is 30.5 Å². The number of hydrogen-bond donors (Lipinski definition) is 1. The van der Waals surface area contributed by atoms with Crippen LogP contribution < -0.4 is 10.1 Å². The summed E-state index contributed by atoms with van der Waals surface area (Å²) < 4.78 is 10.8. The van der Waals surface area contributed by atoms with Crippen LogP contribution >= 0.6 is 11.8 Å². The van der Waals surface area contributed by atoms with Gasteiger partial charge < -0.3 is 14.5 Å². The molecule has 1 heterocycles. The smallest absolute Gasteiger partial charge is 0.122 e. The third-order valence-electron chi connectivity index (χ3n) is 3.43. The molecule has 0 saturated heterocycles. The first-order chi connectivity index (χ1) is 9.65. The standard InChI is InChI=1S/C16H21NO2S/c1-11(17-3)13-5-6-15(18-4)14(9-13)10-20-16-7-8-19-12(16)2/h5-9,11,17H,10H2,1-4H3. The second-order valence-corrected chi connectivity index (χ2v) is 5.73. The van der Waals surface area contributed by atoms with Crippen LogP contribution in [0.1, 0.15) is 29.9 Å². The van der Waals surface area contributed by atoms with Gasteiger partial charge in [-0.05, 0) is 44.7 Å². The molecule has 1 atom stereocenters. The number of hydrogen-bond acceptors (Lipinski definition) is 4. The third kappa shape index (κ3) is 3.38. The van der Waals surface area contributed by atoms with E-state index in [4.69, 9.17) is 9.15 Å². The Bertz CT molecular complexity index is 565. The fourth-order valence-electron chi connectivity index (χ4n) is 2.03. The molecule has 0 saturated carbocycles. The van der Waals surface area contributed by atoms with Crippen molar-refractivity contribution in [1.82, 2.24) is 5.32 Å². The second-order valence-electron chi connectivity index (χ2n) is 4.71. The van der Waals surface area contributed by atoms with E-state index < -0.39 is 0 Å². The fourth-order valence-corrected chi connectivity index (χ4v) is 2.97. The van der Waals surface area contributed by atoms with Crippen LogP contribution in [-0.2, 0) is 5.75 Å². The van der Waals surface area contributed by atoms with E-state index in [0.717, 1.165) is 17.3 Å². The van der Waals surface area contributed by atoms with Crippen LogP contribution in [0.2, 0.25) is 0 Å². The van der Waals surface area contributed by atoms with E-state index in [1.165, 1.54) is 16.0 Å². The van der Waals surface area contributed by atoms with Gasteiger partial charge in [0, 0.05) is 22.3 Å². The summed E-state index contributed by atoms with van der Waals surface area (Å²) in [4.78, 5) is 1.18. The molecule has 108 valence electrons. The lowest BCUT2D eigenvalue weighted by atomic mass is 10.1. The number of furan rings is 1. The van der Waals surface area contributed by atoms with Crippen molar-refractivity contribution in [2.24, 2.45) is 0 Å². The molecule has 0 amide bonds. The Labute approximate surface area is 124 Å². The van der Waals surface area contributed by atoms with Gasteiger partial charge in [0.1, 0.15) is 11.5 Å². The average Bonchev–Trinajstić information content (AvgIpc) is 2.89. The first-order valence-electron chi connectivity index (χ1n) is 6.66. The number of nitrogens with one attached hydrogen (secondary N) is 1. The molecule has 1 N–H and O–H groups in total. The van der Waals surface area contributed by atoms with Crippen LogP contribution in [0.4, 0.5) is 0 Å². The average molecular weight is 291 g/mol. The second kappa shape index (κ2) is 6.86. The highest BCUT2D eigenvalue weighted by atomic mass is 32.2. The lowest BCUT2D eigenvalue weighted by Crippen LogP contribution is -2.12. The van der Waals surface area contributed by atoms with Crippen LogP contribution in [0, 0.1) is 6.92 Å². The minimum atomic E-state index is 0.334. The molecule has 0 radical (unpaired) electrons. The lowest BCUT2D eigenvalue weighted by Gasteiger charge is -2.14. The third-order valence-corrected chi connectivity index (χ3v) is 4.62. The van der Waals surface area contributed by atoms with Gasteiger partial charge in [-0.15, -0.1) is 11.8 Å². The Kier molecular flexibility index (Phi) is 5.15. The number of aryl methyl sites for hydroxylation is 1. The fraction of sp³-hybridized carbons (Fsp3) is 0.375. The van der Waals surface area contributed by atoms with Crippen molar-refractivity contribution < 1.29 is 9.15 Å². The van der Waals surface area contributed by atoms with Crippen LogP contribution in [-0.4, -0.2) is 14.2 Å². The zero-order chi connectivity index (χ0) is 14.5. The van der Waals surface area contributed by atoms with E-state index in [1.807, 2.05) is 26.1 Å². The quantitative estimate of drug-likeness (QED) is 0.810. The molecule has 1 unspecified atom stereocenters. The SMILES string of the molecule is CNC(C)c1ccc(OC)c(CSc2ccoc2C)c1. The summed E-state index contributed by atoms with van der Waals surface area (Å²) >= 11 is 1.77. The molecule has 1 aromatic heterocycles. The minimum absolute atomic E-state index is 0.334. The molecule has 3 nitrogen and oxygen atoms in total.